The fraction of sp³-hybridized carbons (Fsp3) is 0. The Morgan fingerprint density at radius 3 is 1.00 bits per heavy atom. The van der Waals surface area contributed by atoms with E-state index in [1.54, 1.807) is 0 Å². The minimum absolute atomic E-state index is 0. The largest absolute Gasteiger partial charge is 0.316 e. The molecule has 0 fully saturated rings. The third kappa shape index (κ3) is 8.97. The van der Waals surface area contributed by atoms with Crippen LogP contribution in [0.25, 0.3) is 0 Å². The van der Waals surface area contributed by atoms with E-state index in [1.807, 2.05) is 0 Å². The molecular weight excluding hydrogens is 131 g/mol. The molecule has 0 bridgehead atoms. The Balaban J connectivity index is 0. The molecule has 0 aliphatic rings. The molecule has 0 saturated carbocycles. The summed E-state index contributed by atoms with van der Waals surface area (Å²) in [6.07, 6.45) is 0. The van der Waals surface area contributed by atoms with Gasteiger partial charge in [0, 0.05) is 17.4 Å². The quantitative estimate of drug-likeness (QED) is 0.306. The molecule has 4 heavy (non-hydrogen) atoms. The summed E-state index contributed by atoms with van der Waals surface area (Å²) in [5.74, 6) is 0. The van der Waals surface area contributed by atoms with Gasteiger partial charge in [0.05, 0.1) is 0 Å². The van der Waals surface area contributed by atoms with Gasteiger partial charge in [-0.3, -0.25) is 0 Å². The van der Waals surface area contributed by atoms with Crippen molar-refractivity contribution in [1.82, 2.24) is 0 Å². The molecule has 0 aromatic rings. The van der Waals surface area contributed by atoms with Gasteiger partial charge < -0.3 is 0 Å². The van der Waals surface area contributed by atoms with Crippen LogP contribution in [0.15, 0.2) is 0 Å². The van der Waals surface area contributed by atoms with Crippen LogP contribution in [0.4, 0.5) is 0 Å². The second kappa shape index (κ2) is 19.7. The van der Waals surface area contributed by atoms with Crippen LogP contribution in [-0.4, -0.2) is 51.4 Å². The van der Waals surface area contributed by atoms with Gasteiger partial charge in [-0.1, -0.05) is 0 Å². The molecule has 0 N–H and O–H groups in total. The van der Waals surface area contributed by atoms with Gasteiger partial charge in [-0.15, -0.1) is 0 Å². The predicted octanol–water partition coefficient (Wildman–Crippen LogP) is -3.55. The van der Waals surface area contributed by atoms with Crippen LogP contribution in [0.2, 0.25) is 0 Å². The molecule has 0 spiro atoms. The summed E-state index contributed by atoms with van der Waals surface area (Å²) < 4.78 is 0. The van der Waals surface area contributed by atoms with Gasteiger partial charge in [0.15, 0.2) is 17.4 Å². The summed E-state index contributed by atoms with van der Waals surface area (Å²) in [7, 11) is 0. The third-order valence-electron chi connectivity index (χ3n) is 0. The molecule has 0 nitrogen and oxygen atoms in total. The Morgan fingerprint density at radius 1 is 1.00 bits per heavy atom. The molecule has 0 aliphatic carbocycles. The van der Waals surface area contributed by atoms with E-state index in [9.17, 15) is 0 Å². The first-order valence-electron chi connectivity index (χ1n) is 0. The van der Waals surface area contributed by atoms with Crippen molar-refractivity contribution >= 4 is 51.4 Å². The molecule has 0 aromatic carbocycles. The van der Waals surface area contributed by atoms with Crippen molar-refractivity contribution in [1.29, 1.82) is 0 Å². The Hall–Kier alpha value is 2.05. The first-order chi connectivity index (χ1) is 0. The minimum atomic E-state index is 0. The summed E-state index contributed by atoms with van der Waals surface area (Å²) in [5.41, 5.74) is 0. The van der Waals surface area contributed by atoms with Crippen LogP contribution in [0.1, 0.15) is 0 Å². The zero-order chi connectivity index (χ0) is 0. The van der Waals surface area contributed by atoms with Gasteiger partial charge in [0.2, 0.25) is 0 Å². The van der Waals surface area contributed by atoms with Crippen molar-refractivity contribution in [2.24, 2.45) is 0 Å². The van der Waals surface area contributed by atoms with E-state index in [0.717, 1.165) is 0 Å². The van der Waals surface area contributed by atoms with Gasteiger partial charge in [-0.25, -0.2) is 0 Å². The van der Waals surface area contributed by atoms with Gasteiger partial charge in [0.1, 0.15) is 0 Å². The minimum Gasteiger partial charge on any atom is -0.0149 e. The Bertz CT molecular complexity index is 8.00. The van der Waals surface area contributed by atoms with Crippen LogP contribution in [0, 0.1) is 0 Å². The first kappa shape index (κ1) is 36.7. The maximum absolute atomic E-state index is 0. The topological polar surface area (TPSA) is 0 Å². The molecule has 0 atom stereocenters. The molecule has 0 saturated heterocycles. The zero-order valence-electron chi connectivity index (χ0n) is 0.408. The van der Waals surface area contributed by atoms with E-state index >= 15 is 0 Å². The maximum atomic E-state index is 0. The fourth-order valence-electron chi connectivity index (χ4n) is 0. The van der Waals surface area contributed by atoms with Crippen molar-refractivity contribution < 1.29 is 17.4 Å². The zero-order valence-corrected chi connectivity index (χ0v) is 1.68. The van der Waals surface area contributed by atoms with Crippen molar-refractivity contribution in [2.75, 3.05) is 0 Å². The summed E-state index contributed by atoms with van der Waals surface area (Å²) in [4.78, 5) is 0. The molecule has 0 aliphatic heterocycles. The normalized spacial score (nSPS) is 0. The van der Waals surface area contributed by atoms with E-state index < -0.39 is 0 Å². The SMILES string of the molecule is [AlH3].[Cr].[MgH2].[SiH4]. The van der Waals surface area contributed by atoms with Crippen molar-refractivity contribution in [3.05, 3.63) is 0 Å². The van der Waals surface area contributed by atoms with Crippen LogP contribution in [-0.2, 0) is 17.4 Å². The number of rotatable bonds is 0. The molecule has 0 amide bonds. The predicted molar refractivity (Wildman–Crippen MR) is 29.8 cm³/mol. The maximum Gasteiger partial charge on any atom is 0.316 e. The molecule has 24 valence electrons. The van der Waals surface area contributed by atoms with Crippen molar-refractivity contribution in [2.45, 2.75) is 0 Å². The van der Waals surface area contributed by atoms with E-state index in [0.29, 0.717) is 0 Å². The average Bonchev–Trinajstić information content (AvgIpc) is 0. The molecule has 0 aromatic heterocycles. The molecule has 0 radical (unpaired) electrons. The second-order valence-electron chi connectivity index (χ2n) is 0. The van der Waals surface area contributed by atoms with E-state index in [2.05, 4.69) is 0 Å². The average molecular weight is 140 g/mol. The monoisotopic (exact) mass is 140 g/mol. The molecule has 0 heterocycles. The molecular formula is H9AlCrMgSi. The smallest absolute Gasteiger partial charge is 0.0149 e. The van der Waals surface area contributed by atoms with Gasteiger partial charge in [0.25, 0.3) is 0 Å². The summed E-state index contributed by atoms with van der Waals surface area (Å²) in [6, 6.07) is 0. The number of hydrogen-bond acceptors (Lipinski definition) is 0. The van der Waals surface area contributed by atoms with Crippen LogP contribution in [0.5, 0.6) is 0 Å². The van der Waals surface area contributed by atoms with Crippen LogP contribution < -0.4 is 0 Å². The van der Waals surface area contributed by atoms with Crippen molar-refractivity contribution in [3.8, 4) is 0 Å². The van der Waals surface area contributed by atoms with Gasteiger partial charge in [-0.05, 0) is 11.0 Å². The van der Waals surface area contributed by atoms with E-state index in [4.69, 9.17) is 0 Å². The van der Waals surface area contributed by atoms with Gasteiger partial charge >= 0.3 is 23.1 Å². The van der Waals surface area contributed by atoms with Crippen LogP contribution >= 0.6 is 0 Å². The summed E-state index contributed by atoms with van der Waals surface area (Å²) in [6.45, 7) is 0. The molecule has 4 heteroatoms. The Kier molecular flexibility index (Phi) is 181. The summed E-state index contributed by atoms with van der Waals surface area (Å²) >= 11 is 0. The Labute approximate surface area is 68.2 Å². The van der Waals surface area contributed by atoms with E-state index in [-0.39, 0.29) is 68.7 Å². The van der Waals surface area contributed by atoms with Crippen molar-refractivity contribution in [3.63, 3.8) is 0 Å². The Morgan fingerprint density at radius 2 is 1.00 bits per heavy atom. The molecule has 0 rings (SSSR count). The summed E-state index contributed by atoms with van der Waals surface area (Å²) in [5, 5.41) is 0. The standard InChI is InChI=1S/Al.Cr.Mg.H4Si.5H/h;;;1H4;;;;;. The molecule has 0 unspecified atom stereocenters. The number of hydrogen-bond donors (Lipinski definition) is 0. The van der Waals surface area contributed by atoms with Gasteiger partial charge in [-0.2, -0.15) is 0 Å². The van der Waals surface area contributed by atoms with Crippen LogP contribution in [0.3, 0.4) is 0 Å². The second-order valence-corrected chi connectivity index (χ2v) is 0. The third-order valence-corrected chi connectivity index (χ3v) is 0. The van der Waals surface area contributed by atoms with E-state index in [1.165, 1.54) is 0 Å². The first-order valence-corrected chi connectivity index (χ1v) is 0. The fourth-order valence-corrected chi connectivity index (χ4v) is 0.